The highest BCUT2D eigenvalue weighted by atomic mass is 79.9. The summed E-state index contributed by atoms with van der Waals surface area (Å²) in [5.74, 6) is 0.650. The molecule has 0 radical (unpaired) electrons. The van der Waals surface area contributed by atoms with E-state index >= 15 is 0 Å². The Labute approximate surface area is 141 Å². The van der Waals surface area contributed by atoms with Gasteiger partial charge in [-0.3, -0.25) is 9.36 Å². The maximum absolute atomic E-state index is 12.2. The highest BCUT2D eigenvalue weighted by Gasteiger charge is 2.24. The summed E-state index contributed by atoms with van der Waals surface area (Å²) >= 11 is 3.43. The van der Waals surface area contributed by atoms with Gasteiger partial charge in [-0.15, -0.1) is 0 Å². The molecule has 7 heteroatoms. The van der Waals surface area contributed by atoms with Crippen molar-refractivity contribution in [2.24, 2.45) is 7.05 Å². The average molecular weight is 374 g/mol. The second kappa shape index (κ2) is 5.73. The van der Waals surface area contributed by atoms with Crippen LogP contribution in [0, 0.1) is 0 Å². The van der Waals surface area contributed by atoms with E-state index in [0.29, 0.717) is 17.2 Å². The third-order valence-electron chi connectivity index (χ3n) is 3.61. The van der Waals surface area contributed by atoms with E-state index in [9.17, 15) is 4.79 Å². The predicted molar refractivity (Wildman–Crippen MR) is 93.4 cm³/mol. The summed E-state index contributed by atoms with van der Waals surface area (Å²) in [6, 6.07) is 5.28. The Hall–Kier alpha value is -2.28. The molecule has 6 nitrogen and oxygen atoms in total. The molecule has 0 bridgehead atoms. The van der Waals surface area contributed by atoms with Crippen LogP contribution in [0.5, 0.6) is 0 Å². The van der Waals surface area contributed by atoms with Crippen molar-refractivity contribution in [3.63, 3.8) is 0 Å². The number of halogens is 1. The molecule has 0 unspecified atom stereocenters. The quantitative estimate of drug-likeness (QED) is 0.763. The highest BCUT2D eigenvalue weighted by Crippen LogP contribution is 2.28. The maximum Gasteiger partial charge on any atom is 0.253 e. The van der Waals surface area contributed by atoms with Crippen molar-refractivity contribution >= 4 is 32.7 Å². The first-order valence-corrected chi connectivity index (χ1v) is 7.89. The lowest BCUT2D eigenvalue weighted by Gasteiger charge is -2.26. The average Bonchev–Trinajstić information content (AvgIpc) is 2.53. The fourth-order valence-corrected chi connectivity index (χ4v) is 2.75. The minimum Gasteiger partial charge on any atom is -0.372 e. The molecule has 0 aliphatic carbocycles. The molecule has 23 heavy (non-hydrogen) atoms. The molecule has 0 aliphatic rings. The SMILES string of the molecule is Cn1c(=O)cc(NC(C)(C)c2ncccn2)c2cc(Br)cnc21. The first-order chi connectivity index (χ1) is 10.9. The van der Waals surface area contributed by atoms with Crippen molar-refractivity contribution in [1.29, 1.82) is 0 Å². The standard InChI is InChI=1S/C16H16BrN5O/c1-16(2,15-18-5-4-6-19-15)21-12-8-13(23)22(3)14-11(12)7-10(17)9-20-14/h4-9,21H,1-3H3. The van der Waals surface area contributed by atoms with Crippen LogP contribution in [0.25, 0.3) is 11.0 Å². The van der Waals surface area contributed by atoms with E-state index < -0.39 is 5.54 Å². The summed E-state index contributed by atoms with van der Waals surface area (Å²) in [7, 11) is 1.71. The molecule has 3 heterocycles. The summed E-state index contributed by atoms with van der Waals surface area (Å²) in [6.45, 7) is 3.94. The molecule has 0 atom stereocenters. The Morgan fingerprint density at radius 3 is 2.57 bits per heavy atom. The third kappa shape index (κ3) is 2.96. The van der Waals surface area contributed by atoms with Gasteiger partial charge in [0.15, 0.2) is 5.82 Å². The van der Waals surface area contributed by atoms with Crippen molar-refractivity contribution in [3.8, 4) is 0 Å². The zero-order valence-corrected chi connectivity index (χ0v) is 14.6. The Balaban J connectivity index is 2.15. The molecule has 0 spiro atoms. The largest absolute Gasteiger partial charge is 0.372 e. The van der Waals surface area contributed by atoms with Crippen molar-refractivity contribution in [3.05, 3.63) is 57.4 Å². The number of aryl methyl sites for hydroxylation is 1. The van der Waals surface area contributed by atoms with E-state index in [-0.39, 0.29) is 5.56 Å². The molecule has 0 aliphatic heterocycles. The lowest BCUT2D eigenvalue weighted by atomic mass is 10.0. The monoisotopic (exact) mass is 373 g/mol. The Kier molecular flexibility index (Phi) is 3.89. The van der Waals surface area contributed by atoms with Crippen LogP contribution in [0.1, 0.15) is 19.7 Å². The molecule has 0 aromatic carbocycles. The van der Waals surface area contributed by atoms with E-state index in [1.54, 1.807) is 37.8 Å². The zero-order chi connectivity index (χ0) is 16.6. The lowest BCUT2D eigenvalue weighted by Crippen LogP contribution is -2.31. The number of anilines is 1. The fourth-order valence-electron chi connectivity index (χ4n) is 2.42. The minimum absolute atomic E-state index is 0.125. The molecule has 0 saturated heterocycles. The highest BCUT2D eigenvalue weighted by molar-refractivity contribution is 9.10. The van der Waals surface area contributed by atoms with Crippen LogP contribution >= 0.6 is 15.9 Å². The van der Waals surface area contributed by atoms with E-state index in [0.717, 1.165) is 9.86 Å². The van der Waals surface area contributed by atoms with E-state index in [1.165, 1.54) is 4.57 Å². The molecule has 0 saturated carbocycles. The van der Waals surface area contributed by atoms with E-state index in [1.807, 2.05) is 19.9 Å². The van der Waals surface area contributed by atoms with Crippen LogP contribution in [0.4, 0.5) is 5.69 Å². The van der Waals surface area contributed by atoms with Gasteiger partial charge in [0.25, 0.3) is 5.56 Å². The summed E-state index contributed by atoms with van der Waals surface area (Å²) in [6.07, 6.45) is 5.08. The van der Waals surface area contributed by atoms with Crippen molar-refractivity contribution < 1.29 is 0 Å². The second-order valence-corrected chi connectivity index (χ2v) is 6.72. The number of pyridine rings is 2. The Morgan fingerprint density at radius 1 is 1.17 bits per heavy atom. The Bertz CT molecular complexity index is 921. The van der Waals surface area contributed by atoms with Crippen molar-refractivity contribution in [2.45, 2.75) is 19.4 Å². The lowest BCUT2D eigenvalue weighted by molar-refractivity contribution is 0.563. The fraction of sp³-hybridized carbons (Fsp3) is 0.250. The van der Waals surface area contributed by atoms with E-state index in [2.05, 4.69) is 36.2 Å². The van der Waals surface area contributed by atoms with Crippen molar-refractivity contribution in [1.82, 2.24) is 19.5 Å². The number of fused-ring (bicyclic) bond motifs is 1. The first kappa shape index (κ1) is 15.6. The van der Waals surface area contributed by atoms with Gasteiger partial charge in [-0.25, -0.2) is 15.0 Å². The van der Waals surface area contributed by atoms with E-state index in [4.69, 9.17) is 0 Å². The van der Waals surface area contributed by atoms with Crippen LogP contribution in [-0.2, 0) is 12.6 Å². The number of nitrogens with zero attached hydrogens (tertiary/aromatic N) is 4. The predicted octanol–water partition coefficient (Wildman–Crippen LogP) is 2.83. The van der Waals surface area contributed by atoms with Crippen LogP contribution in [-0.4, -0.2) is 19.5 Å². The van der Waals surface area contributed by atoms with Gasteiger partial charge in [0.05, 0.1) is 11.2 Å². The van der Waals surface area contributed by atoms with Gasteiger partial charge < -0.3 is 5.32 Å². The molecule has 0 amide bonds. The number of nitrogens with one attached hydrogen (secondary N) is 1. The van der Waals surface area contributed by atoms with Crippen LogP contribution in [0.3, 0.4) is 0 Å². The molecule has 3 aromatic rings. The zero-order valence-electron chi connectivity index (χ0n) is 13.0. The summed E-state index contributed by atoms with van der Waals surface area (Å²) in [5.41, 5.74) is 0.657. The topological polar surface area (TPSA) is 72.7 Å². The van der Waals surface area contributed by atoms with Gasteiger partial charge in [0.2, 0.25) is 0 Å². The summed E-state index contributed by atoms with van der Waals surface area (Å²) < 4.78 is 2.37. The van der Waals surface area contributed by atoms with Gasteiger partial charge >= 0.3 is 0 Å². The van der Waals surface area contributed by atoms with Crippen molar-refractivity contribution in [2.75, 3.05) is 5.32 Å². The van der Waals surface area contributed by atoms with Gasteiger partial charge in [-0.1, -0.05) is 0 Å². The molecule has 118 valence electrons. The van der Waals surface area contributed by atoms with Crippen LogP contribution in [0.15, 0.2) is 46.1 Å². The first-order valence-electron chi connectivity index (χ1n) is 7.09. The van der Waals surface area contributed by atoms with Gasteiger partial charge in [0, 0.05) is 41.6 Å². The molecule has 3 rings (SSSR count). The third-order valence-corrected chi connectivity index (χ3v) is 4.05. The second-order valence-electron chi connectivity index (χ2n) is 5.80. The number of hydrogen-bond donors (Lipinski definition) is 1. The van der Waals surface area contributed by atoms with Crippen LogP contribution in [0.2, 0.25) is 0 Å². The molecular formula is C16H16BrN5O. The number of hydrogen-bond acceptors (Lipinski definition) is 5. The Morgan fingerprint density at radius 2 is 1.87 bits per heavy atom. The number of rotatable bonds is 3. The van der Waals surface area contributed by atoms with Gasteiger partial charge in [0.1, 0.15) is 5.65 Å². The summed E-state index contributed by atoms with van der Waals surface area (Å²) in [4.78, 5) is 25.2. The summed E-state index contributed by atoms with van der Waals surface area (Å²) in [5, 5.41) is 4.23. The maximum atomic E-state index is 12.2. The molecule has 3 aromatic heterocycles. The van der Waals surface area contributed by atoms with Gasteiger partial charge in [-0.2, -0.15) is 0 Å². The minimum atomic E-state index is -0.539. The number of aromatic nitrogens is 4. The normalized spacial score (nSPS) is 11.7. The molecule has 1 N–H and O–H groups in total. The van der Waals surface area contributed by atoms with Crippen LogP contribution < -0.4 is 10.9 Å². The smallest absolute Gasteiger partial charge is 0.253 e. The molecule has 0 fully saturated rings. The molecular weight excluding hydrogens is 358 g/mol. The van der Waals surface area contributed by atoms with Gasteiger partial charge in [-0.05, 0) is 41.9 Å².